The van der Waals surface area contributed by atoms with Crippen LogP contribution in [0.15, 0.2) is 30.9 Å². The summed E-state index contributed by atoms with van der Waals surface area (Å²) in [6, 6.07) is 2.98. The van der Waals surface area contributed by atoms with Gasteiger partial charge in [0.05, 0.1) is 28.4 Å². The third-order valence-corrected chi connectivity index (χ3v) is 3.89. The molecule has 8 nitrogen and oxygen atoms in total. The number of anilines is 2. The fourth-order valence-corrected chi connectivity index (χ4v) is 2.66. The minimum absolute atomic E-state index is 0.199. The van der Waals surface area contributed by atoms with Gasteiger partial charge in [-0.25, -0.2) is 14.4 Å². The first kappa shape index (κ1) is 15.1. The predicted molar refractivity (Wildman–Crippen MR) is 91.2 cm³/mol. The molecule has 9 heteroatoms. The number of aromatic nitrogens is 5. The summed E-state index contributed by atoms with van der Waals surface area (Å²) < 4.78 is 14.4. The molecular weight excluding hydrogens is 325 g/mol. The molecule has 0 aliphatic heterocycles. The molecule has 3 aromatic heterocycles. The first-order valence-corrected chi connectivity index (χ1v) is 7.48. The summed E-state index contributed by atoms with van der Waals surface area (Å²) in [6.07, 6.45) is 4.52. The fraction of sp³-hybridized carbons (Fsp3) is 0.125. The lowest BCUT2D eigenvalue weighted by Crippen LogP contribution is -2.21. The molecule has 4 aromatic rings. The van der Waals surface area contributed by atoms with Gasteiger partial charge in [0.25, 0.3) is 5.91 Å². The molecule has 4 rings (SSSR count). The first-order chi connectivity index (χ1) is 12.0. The van der Waals surface area contributed by atoms with Crippen molar-refractivity contribution in [2.24, 2.45) is 0 Å². The molecule has 0 aliphatic carbocycles. The summed E-state index contributed by atoms with van der Waals surface area (Å²) in [5.74, 6) is -0.312. The van der Waals surface area contributed by atoms with Crippen LogP contribution in [0.5, 0.6) is 0 Å². The van der Waals surface area contributed by atoms with Crippen molar-refractivity contribution in [1.29, 1.82) is 0 Å². The molecule has 126 valence electrons. The van der Waals surface area contributed by atoms with E-state index < -0.39 is 5.82 Å². The molecule has 3 heterocycles. The zero-order chi connectivity index (χ0) is 17.6. The van der Waals surface area contributed by atoms with Crippen molar-refractivity contribution in [3.05, 3.63) is 42.2 Å². The number of rotatable bonds is 3. The average molecular weight is 339 g/mol. The SMILES string of the molecule is CN(C)C(=O)c1c[nH]c2ncnc(Nc3cc4cn[nH]c4cc3F)c12. The summed E-state index contributed by atoms with van der Waals surface area (Å²) in [4.78, 5) is 25.1. The summed E-state index contributed by atoms with van der Waals surface area (Å²) >= 11 is 0. The van der Waals surface area contributed by atoms with E-state index in [9.17, 15) is 9.18 Å². The van der Waals surface area contributed by atoms with E-state index in [1.165, 1.54) is 17.3 Å². The van der Waals surface area contributed by atoms with Crippen LogP contribution in [0.4, 0.5) is 15.9 Å². The normalized spacial score (nSPS) is 11.2. The second kappa shape index (κ2) is 5.55. The van der Waals surface area contributed by atoms with Gasteiger partial charge in [-0.2, -0.15) is 5.10 Å². The largest absolute Gasteiger partial charge is 0.345 e. The van der Waals surface area contributed by atoms with Gasteiger partial charge in [-0.3, -0.25) is 9.89 Å². The van der Waals surface area contributed by atoms with Gasteiger partial charge in [0, 0.05) is 31.7 Å². The van der Waals surface area contributed by atoms with Crippen molar-refractivity contribution >= 4 is 39.3 Å². The van der Waals surface area contributed by atoms with E-state index in [0.717, 1.165) is 5.39 Å². The lowest BCUT2D eigenvalue weighted by molar-refractivity contribution is 0.0829. The summed E-state index contributed by atoms with van der Waals surface area (Å²) in [7, 11) is 3.31. The summed E-state index contributed by atoms with van der Waals surface area (Å²) in [6.45, 7) is 0. The second-order valence-corrected chi connectivity index (χ2v) is 5.76. The van der Waals surface area contributed by atoms with Gasteiger partial charge < -0.3 is 15.2 Å². The van der Waals surface area contributed by atoms with Crippen LogP contribution >= 0.6 is 0 Å². The highest BCUT2D eigenvalue weighted by molar-refractivity contribution is 6.09. The molecule has 0 saturated carbocycles. The Labute approximate surface area is 141 Å². The Morgan fingerprint density at radius 1 is 1.28 bits per heavy atom. The molecule has 25 heavy (non-hydrogen) atoms. The van der Waals surface area contributed by atoms with Crippen LogP contribution in [-0.4, -0.2) is 50.1 Å². The smallest absolute Gasteiger partial charge is 0.255 e. The van der Waals surface area contributed by atoms with Crippen molar-refractivity contribution in [3.8, 4) is 0 Å². The van der Waals surface area contributed by atoms with E-state index in [2.05, 4.69) is 30.5 Å². The highest BCUT2D eigenvalue weighted by Crippen LogP contribution is 2.29. The lowest BCUT2D eigenvalue weighted by Gasteiger charge is -2.11. The van der Waals surface area contributed by atoms with Gasteiger partial charge in [-0.05, 0) is 6.07 Å². The molecule has 0 atom stereocenters. The van der Waals surface area contributed by atoms with Gasteiger partial charge in [-0.1, -0.05) is 0 Å². The third-order valence-electron chi connectivity index (χ3n) is 3.89. The van der Waals surface area contributed by atoms with Crippen LogP contribution in [0.25, 0.3) is 21.9 Å². The van der Waals surface area contributed by atoms with Crippen LogP contribution in [0.2, 0.25) is 0 Å². The Bertz CT molecular complexity index is 1100. The van der Waals surface area contributed by atoms with Crippen LogP contribution in [0.1, 0.15) is 10.4 Å². The Morgan fingerprint density at radius 2 is 2.12 bits per heavy atom. The van der Waals surface area contributed by atoms with Crippen LogP contribution < -0.4 is 5.32 Å². The van der Waals surface area contributed by atoms with Crippen molar-refractivity contribution in [1.82, 2.24) is 30.0 Å². The Kier molecular flexibility index (Phi) is 3.34. The molecule has 0 fully saturated rings. The van der Waals surface area contributed by atoms with Crippen LogP contribution in [0.3, 0.4) is 0 Å². The number of hydrogen-bond acceptors (Lipinski definition) is 5. The van der Waals surface area contributed by atoms with E-state index in [-0.39, 0.29) is 11.6 Å². The van der Waals surface area contributed by atoms with E-state index in [1.807, 2.05) is 0 Å². The molecule has 1 aromatic carbocycles. The standard InChI is InChI=1S/C16H14FN7O/c1-24(2)16(25)9-6-18-14-13(9)15(20-7-19-14)22-12-3-8-5-21-23-11(8)4-10(12)17/h3-7H,1-2H3,(H,21,23)(H2,18,19,20,22). The number of nitrogens with one attached hydrogen (secondary N) is 3. The van der Waals surface area contributed by atoms with E-state index in [0.29, 0.717) is 27.9 Å². The molecule has 0 unspecified atom stereocenters. The number of hydrogen-bond donors (Lipinski definition) is 3. The average Bonchev–Trinajstić information content (AvgIpc) is 3.21. The third kappa shape index (κ3) is 2.45. The number of aromatic amines is 2. The van der Waals surface area contributed by atoms with Gasteiger partial charge in [-0.15, -0.1) is 0 Å². The van der Waals surface area contributed by atoms with Gasteiger partial charge in [0.1, 0.15) is 23.6 Å². The summed E-state index contributed by atoms with van der Waals surface area (Å²) in [5, 5.41) is 10.8. The minimum Gasteiger partial charge on any atom is -0.345 e. The number of carbonyl (C=O) groups is 1. The highest BCUT2D eigenvalue weighted by Gasteiger charge is 2.19. The highest BCUT2D eigenvalue weighted by atomic mass is 19.1. The topological polar surface area (TPSA) is 103 Å². The number of amides is 1. The molecular formula is C16H14FN7O. The van der Waals surface area contributed by atoms with E-state index in [1.54, 1.807) is 32.6 Å². The lowest BCUT2D eigenvalue weighted by atomic mass is 10.2. The number of carbonyl (C=O) groups excluding carboxylic acids is 1. The maximum Gasteiger partial charge on any atom is 0.255 e. The predicted octanol–water partition coefficient (Wildman–Crippen LogP) is 2.42. The molecule has 0 spiro atoms. The summed E-state index contributed by atoms with van der Waals surface area (Å²) in [5.41, 5.74) is 1.74. The monoisotopic (exact) mass is 339 g/mol. The number of halogens is 1. The van der Waals surface area contributed by atoms with Gasteiger partial charge in [0.2, 0.25) is 0 Å². The molecule has 0 saturated heterocycles. The van der Waals surface area contributed by atoms with Crippen molar-refractivity contribution in [2.45, 2.75) is 0 Å². The molecule has 0 bridgehead atoms. The van der Waals surface area contributed by atoms with E-state index in [4.69, 9.17) is 0 Å². The maximum absolute atomic E-state index is 14.4. The fourth-order valence-electron chi connectivity index (χ4n) is 2.66. The molecule has 0 aliphatic rings. The minimum atomic E-state index is -0.459. The zero-order valence-electron chi connectivity index (χ0n) is 13.5. The van der Waals surface area contributed by atoms with Crippen molar-refractivity contribution in [3.63, 3.8) is 0 Å². The first-order valence-electron chi connectivity index (χ1n) is 7.48. The quantitative estimate of drug-likeness (QED) is 0.532. The number of H-pyrrole nitrogens is 2. The van der Waals surface area contributed by atoms with Crippen LogP contribution in [0, 0.1) is 5.82 Å². The Hall–Kier alpha value is -3.49. The number of benzene rings is 1. The maximum atomic E-state index is 14.4. The zero-order valence-corrected chi connectivity index (χ0v) is 13.5. The van der Waals surface area contributed by atoms with Crippen molar-refractivity contribution < 1.29 is 9.18 Å². The second-order valence-electron chi connectivity index (χ2n) is 5.76. The van der Waals surface area contributed by atoms with Crippen LogP contribution in [-0.2, 0) is 0 Å². The van der Waals surface area contributed by atoms with E-state index >= 15 is 0 Å². The molecule has 1 amide bonds. The van der Waals surface area contributed by atoms with Gasteiger partial charge in [0.15, 0.2) is 0 Å². The van der Waals surface area contributed by atoms with Crippen molar-refractivity contribution in [2.75, 3.05) is 19.4 Å². The van der Waals surface area contributed by atoms with Gasteiger partial charge >= 0.3 is 0 Å². The number of fused-ring (bicyclic) bond motifs is 2. The number of nitrogens with zero attached hydrogens (tertiary/aromatic N) is 4. The molecule has 3 N–H and O–H groups in total. The Balaban J connectivity index is 1.84. The molecule has 0 radical (unpaired) electrons. The Morgan fingerprint density at radius 3 is 2.92 bits per heavy atom.